The Balaban J connectivity index is 2.00. The third-order valence-electron chi connectivity index (χ3n) is 5.36. The lowest BCUT2D eigenvalue weighted by Gasteiger charge is -2.34. The predicted molar refractivity (Wildman–Crippen MR) is 106 cm³/mol. The van der Waals surface area contributed by atoms with Crippen molar-refractivity contribution < 1.29 is 4.79 Å². The molecule has 0 saturated heterocycles. The van der Waals surface area contributed by atoms with E-state index in [9.17, 15) is 4.79 Å². The number of aryl methyl sites for hydroxylation is 1. The maximum absolute atomic E-state index is 12.8. The number of benzene rings is 1. The molecular formula is C21H35N3O. The quantitative estimate of drug-likeness (QED) is 0.783. The lowest BCUT2D eigenvalue weighted by atomic mass is 9.84. The van der Waals surface area contributed by atoms with Crippen molar-refractivity contribution in [1.29, 1.82) is 0 Å². The molecule has 0 bridgehead atoms. The summed E-state index contributed by atoms with van der Waals surface area (Å²) < 4.78 is 0. The number of nitrogens with zero attached hydrogens (tertiary/aromatic N) is 2. The fraction of sp³-hybridized carbons (Fsp3) is 0.667. The van der Waals surface area contributed by atoms with E-state index in [1.807, 2.05) is 24.1 Å². The van der Waals surface area contributed by atoms with Crippen molar-refractivity contribution >= 4 is 11.7 Å². The smallest absolute Gasteiger partial charge is 0.321 e. The van der Waals surface area contributed by atoms with E-state index in [-0.39, 0.29) is 12.1 Å². The standard InChI is InChI=1S/C21H35N3O/c1-5-17-12-9-13-19(14-17)22-21(25)24(4)20(16-23(2)3)15-18-10-7-6-8-11-18/h9,12-14,18,20H,5-8,10-11,15-16H2,1-4H3,(H,22,25)/t20-/m0/s1. The zero-order valence-electron chi connectivity index (χ0n) is 16.4. The highest BCUT2D eigenvalue weighted by molar-refractivity contribution is 5.89. The van der Waals surface area contributed by atoms with Crippen molar-refractivity contribution in [1.82, 2.24) is 9.80 Å². The van der Waals surface area contributed by atoms with E-state index in [1.165, 1.54) is 37.7 Å². The summed E-state index contributed by atoms with van der Waals surface area (Å²) in [6.07, 6.45) is 8.79. The van der Waals surface area contributed by atoms with Crippen molar-refractivity contribution in [2.24, 2.45) is 5.92 Å². The van der Waals surface area contributed by atoms with Crippen LogP contribution in [0.3, 0.4) is 0 Å². The largest absolute Gasteiger partial charge is 0.323 e. The topological polar surface area (TPSA) is 35.6 Å². The highest BCUT2D eigenvalue weighted by Gasteiger charge is 2.25. The van der Waals surface area contributed by atoms with Crippen LogP contribution in [0.25, 0.3) is 0 Å². The van der Waals surface area contributed by atoms with Gasteiger partial charge < -0.3 is 15.1 Å². The van der Waals surface area contributed by atoms with Crippen molar-refractivity contribution in [3.05, 3.63) is 29.8 Å². The zero-order valence-corrected chi connectivity index (χ0v) is 16.4. The van der Waals surface area contributed by atoms with Crippen LogP contribution < -0.4 is 5.32 Å². The molecule has 1 saturated carbocycles. The van der Waals surface area contributed by atoms with Crippen molar-refractivity contribution in [3.8, 4) is 0 Å². The third-order valence-corrected chi connectivity index (χ3v) is 5.36. The van der Waals surface area contributed by atoms with Gasteiger partial charge in [-0.15, -0.1) is 0 Å². The highest BCUT2D eigenvalue weighted by atomic mass is 16.2. The summed E-state index contributed by atoms with van der Waals surface area (Å²) in [5.74, 6) is 0.761. The summed E-state index contributed by atoms with van der Waals surface area (Å²) in [5.41, 5.74) is 2.13. The molecule has 1 aliphatic carbocycles. The molecule has 140 valence electrons. The molecule has 4 nitrogen and oxygen atoms in total. The molecule has 0 aromatic heterocycles. The van der Waals surface area contributed by atoms with E-state index in [0.29, 0.717) is 0 Å². The third kappa shape index (κ3) is 6.35. The van der Waals surface area contributed by atoms with Crippen LogP contribution in [0.1, 0.15) is 51.0 Å². The second-order valence-corrected chi connectivity index (χ2v) is 7.75. The second kappa shape index (κ2) is 9.81. The van der Waals surface area contributed by atoms with Crippen molar-refractivity contribution in [3.63, 3.8) is 0 Å². The molecule has 0 heterocycles. The van der Waals surface area contributed by atoms with Crippen LogP contribution in [0.4, 0.5) is 10.5 Å². The van der Waals surface area contributed by atoms with Crippen LogP contribution in [0.5, 0.6) is 0 Å². The summed E-state index contributed by atoms with van der Waals surface area (Å²) in [7, 11) is 6.12. The summed E-state index contributed by atoms with van der Waals surface area (Å²) in [5, 5.41) is 3.08. The minimum Gasteiger partial charge on any atom is -0.323 e. The Morgan fingerprint density at radius 3 is 2.56 bits per heavy atom. The summed E-state index contributed by atoms with van der Waals surface area (Å²) in [6.45, 7) is 3.04. The van der Waals surface area contributed by atoms with Crippen LogP contribution in [0, 0.1) is 5.92 Å². The second-order valence-electron chi connectivity index (χ2n) is 7.75. The molecule has 1 N–H and O–H groups in total. The number of amides is 2. The van der Waals surface area contributed by atoms with Gasteiger partial charge in [-0.25, -0.2) is 4.79 Å². The summed E-state index contributed by atoms with van der Waals surface area (Å²) in [6, 6.07) is 8.38. The van der Waals surface area contributed by atoms with Gasteiger partial charge in [0.25, 0.3) is 0 Å². The van der Waals surface area contributed by atoms with Gasteiger partial charge in [-0.2, -0.15) is 0 Å². The molecule has 1 fully saturated rings. The molecule has 4 heteroatoms. The van der Waals surface area contributed by atoms with Crippen LogP contribution in [0.15, 0.2) is 24.3 Å². The number of hydrogen-bond donors (Lipinski definition) is 1. The Morgan fingerprint density at radius 2 is 1.92 bits per heavy atom. The van der Waals surface area contributed by atoms with E-state index < -0.39 is 0 Å². The van der Waals surface area contributed by atoms with E-state index in [2.05, 4.69) is 43.4 Å². The first-order valence-electron chi connectivity index (χ1n) is 9.77. The van der Waals surface area contributed by atoms with Crippen molar-refractivity contribution in [2.75, 3.05) is 33.0 Å². The molecule has 1 aliphatic rings. The number of likely N-dealkylation sites (N-methyl/N-ethyl adjacent to an activating group) is 2. The van der Waals surface area contributed by atoms with Gasteiger partial charge >= 0.3 is 6.03 Å². The molecule has 2 rings (SSSR count). The molecule has 0 radical (unpaired) electrons. The van der Waals surface area contributed by atoms with E-state index >= 15 is 0 Å². The number of carbonyl (C=O) groups is 1. The first kappa shape index (κ1) is 19.8. The van der Waals surface area contributed by atoms with Crippen molar-refractivity contribution in [2.45, 2.75) is 57.9 Å². The molecule has 2 amide bonds. The summed E-state index contributed by atoms with van der Waals surface area (Å²) >= 11 is 0. The van der Waals surface area contributed by atoms with Gasteiger partial charge in [0.15, 0.2) is 0 Å². The Kier molecular flexibility index (Phi) is 7.76. The SMILES string of the molecule is CCc1cccc(NC(=O)N(C)[C@@H](CC2CCCCC2)CN(C)C)c1. The monoisotopic (exact) mass is 345 g/mol. The van der Waals surface area contributed by atoms with Gasteiger partial charge in [-0.1, -0.05) is 51.2 Å². The Morgan fingerprint density at radius 1 is 1.20 bits per heavy atom. The van der Waals surface area contributed by atoms with Crippen LogP contribution in [-0.2, 0) is 6.42 Å². The van der Waals surface area contributed by atoms with E-state index in [1.54, 1.807) is 0 Å². The average Bonchev–Trinajstić information content (AvgIpc) is 2.61. The number of hydrogen-bond acceptors (Lipinski definition) is 2. The molecule has 1 atom stereocenters. The van der Waals surface area contributed by atoms with Crippen LogP contribution >= 0.6 is 0 Å². The van der Waals surface area contributed by atoms with Crippen LogP contribution in [-0.4, -0.2) is 49.6 Å². The number of nitrogens with one attached hydrogen (secondary N) is 1. The fourth-order valence-corrected chi connectivity index (χ4v) is 3.83. The summed E-state index contributed by atoms with van der Waals surface area (Å²) in [4.78, 5) is 16.9. The van der Waals surface area contributed by atoms with E-state index in [4.69, 9.17) is 0 Å². The van der Waals surface area contributed by atoms with Gasteiger partial charge in [0.2, 0.25) is 0 Å². The minimum absolute atomic E-state index is 0.00378. The number of anilines is 1. The van der Waals surface area contributed by atoms with Gasteiger partial charge in [0.1, 0.15) is 0 Å². The first-order chi connectivity index (χ1) is 12.0. The van der Waals surface area contributed by atoms with Crippen LogP contribution in [0.2, 0.25) is 0 Å². The maximum atomic E-state index is 12.8. The molecular weight excluding hydrogens is 310 g/mol. The van der Waals surface area contributed by atoms with Gasteiger partial charge in [0, 0.05) is 25.3 Å². The Bertz CT molecular complexity index is 538. The lowest BCUT2D eigenvalue weighted by Crippen LogP contribution is -2.46. The number of urea groups is 1. The molecule has 0 spiro atoms. The Hall–Kier alpha value is -1.55. The molecule has 1 aromatic rings. The van der Waals surface area contributed by atoms with Gasteiger partial charge in [-0.3, -0.25) is 0 Å². The van der Waals surface area contributed by atoms with E-state index in [0.717, 1.165) is 31.0 Å². The number of rotatable bonds is 7. The first-order valence-corrected chi connectivity index (χ1v) is 9.77. The molecule has 25 heavy (non-hydrogen) atoms. The van der Waals surface area contributed by atoms with Gasteiger partial charge in [-0.05, 0) is 50.6 Å². The molecule has 0 unspecified atom stereocenters. The molecule has 0 aliphatic heterocycles. The number of carbonyl (C=O) groups excluding carboxylic acids is 1. The van der Waals surface area contributed by atoms with Gasteiger partial charge in [0.05, 0.1) is 0 Å². The minimum atomic E-state index is -0.00378. The normalized spacial score (nSPS) is 16.7. The zero-order chi connectivity index (χ0) is 18.2. The predicted octanol–water partition coefficient (Wildman–Crippen LogP) is 4.61. The maximum Gasteiger partial charge on any atom is 0.321 e. The Labute approximate surface area is 153 Å². The highest BCUT2D eigenvalue weighted by Crippen LogP contribution is 2.28. The average molecular weight is 346 g/mol. The lowest BCUT2D eigenvalue weighted by molar-refractivity contribution is 0.164. The fourth-order valence-electron chi connectivity index (χ4n) is 3.83. The molecule has 1 aromatic carbocycles.